The van der Waals surface area contributed by atoms with Crippen LogP contribution in [0.5, 0.6) is 0 Å². The Bertz CT molecular complexity index is 610. The van der Waals surface area contributed by atoms with Gasteiger partial charge in [-0.25, -0.2) is 4.98 Å². The second kappa shape index (κ2) is 5.78. The van der Waals surface area contributed by atoms with E-state index in [0.717, 1.165) is 56.4 Å². The summed E-state index contributed by atoms with van der Waals surface area (Å²) in [6.07, 6.45) is 5.91. The van der Waals surface area contributed by atoms with Crippen LogP contribution in [-0.2, 0) is 17.8 Å². The van der Waals surface area contributed by atoms with E-state index >= 15 is 0 Å². The molecule has 1 aromatic carbocycles. The second-order valence-electron chi connectivity index (χ2n) is 5.76. The standard InChI is InChI=1S/C17H22N2O/c1-2-12-19-15-7-4-3-6-14(15)18-17(19)9-5-8-16(20)13-10-11-13/h3-4,6-7,13H,2,5,8-12H2,1H3. The van der Waals surface area contributed by atoms with Crippen LogP contribution in [-0.4, -0.2) is 15.3 Å². The Morgan fingerprint density at radius 3 is 2.90 bits per heavy atom. The summed E-state index contributed by atoms with van der Waals surface area (Å²) in [6, 6.07) is 8.31. The van der Waals surface area contributed by atoms with E-state index in [1.165, 1.54) is 5.52 Å². The molecule has 0 aliphatic heterocycles. The molecule has 2 aromatic rings. The number of ketones is 1. The molecule has 1 fully saturated rings. The minimum atomic E-state index is 0.393. The lowest BCUT2D eigenvalue weighted by Gasteiger charge is -2.07. The molecule has 1 aliphatic carbocycles. The fourth-order valence-electron chi connectivity index (χ4n) is 2.82. The summed E-state index contributed by atoms with van der Waals surface area (Å²) >= 11 is 0. The largest absolute Gasteiger partial charge is 0.328 e. The molecular weight excluding hydrogens is 248 g/mol. The summed E-state index contributed by atoms with van der Waals surface area (Å²) in [5.74, 6) is 1.99. The van der Waals surface area contributed by atoms with Gasteiger partial charge in [-0.05, 0) is 37.8 Å². The number of hydrogen-bond donors (Lipinski definition) is 0. The van der Waals surface area contributed by atoms with Crippen LogP contribution < -0.4 is 0 Å². The molecule has 1 heterocycles. The van der Waals surface area contributed by atoms with Gasteiger partial charge in [0, 0.05) is 25.3 Å². The number of rotatable bonds is 7. The highest BCUT2D eigenvalue weighted by atomic mass is 16.1. The summed E-state index contributed by atoms with van der Waals surface area (Å²) in [6.45, 7) is 3.20. The second-order valence-corrected chi connectivity index (χ2v) is 5.76. The topological polar surface area (TPSA) is 34.9 Å². The van der Waals surface area contributed by atoms with Crippen LogP contribution in [0.4, 0.5) is 0 Å². The molecule has 0 amide bonds. The van der Waals surface area contributed by atoms with E-state index in [0.29, 0.717) is 11.7 Å². The van der Waals surface area contributed by atoms with E-state index < -0.39 is 0 Å². The zero-order valence-electron chi connectivity index (χ0n) is 12.1. The van der Waals surface area contributed by atoms with Crippen LogP contribution >= 0.6 is 0 Å². The number of nitrogens with zero attached hydrogens (tertiary/aromatic N) is 2. The first kappa shape index (κ1) is 13.3. The summed E-state index contributed by atoms with van der Waals surface area (Å²) < 4.78 is 2.32. The van der Waals surface area contributed by atoms with E-state index in [1.807, 2.05) is 6.07 Å². The van der Waals surface area contributed by atoms with Crippen molar-refractivity contribution in [2.75, 3.05) is 0 Å². The number of para-hydroxylation sites is 2. The predicted octanol–water partition coefficient (Wildman–Crippen LogP) is 3.75. The van der Waals surface area contributed by atoms with Gasteiger partial charge in [0.2, 0.25) is 0 Å². The highest BCUT2D eigenvalue weighted by molar-refractivity contribution is 5.83. The molecule has 3 rings (SSSR count). The molecule has 3 heteroatoms. The Morgan fingerprint density at radius 2 is 2.15 bits per heavy atom. The Morgan fingerprint density at radius 1 is 1.35 bits per heavy atom. The molecule has 0 radical (unpaired) electrons. The van der Waals surface area contributed by atoms with Crippen LogP contribution in [0.25, 0.3) is 11.0 Å². The molecule has 0 unspecified atom stereocenters. The van der Waals surface area contributed by atoms with Crippen molar-refractivity contribution in [3.8, 4) is 0 Å². The first-order valence-electron chi connectivity index (χ1n) is 7.76. The average molecular weight is 270 g/mol. The third-order valence-corrected chi connectivity index (χ3v) is 4.04. The maximum absolute atomic E-state index is 11.8. The number of imidazole rings is 1. The minimum Gasteiger partial charge on any atom is -0.328 e. The quantitative estimate of drug-likeness (QED) is 0.768. The highest BCUT2D eigenvalue weighted by Crippen LogP contribution is 2.31. The van der Waals surface area contributed by atoms with Crippen LogP contribution in [0.15, 0.2) is 24.3 Å². The van der Waals surface area contributed by atoms with E-state index in [9.17, 15) is 4.79 Å². The van der Waals surface area contributed by atoms with Gasteiger partial charge in [0.15, 0.2) is 0 Å². The molecule has 0 atom stereocenters. The first-order valence-corrected chi connectivity index (χ1v) is 7.76. The number of aromatic nitrogens is 2. The fourth-order valence-corrected chi connectivity index (χ4v) is 2.82. The van der Waals surface area contributed by atoms with Gasteiger partial charge in [-0.2, -0.15) is 0 Å². The van der Waals surface area contributed by atoms with Gasteiger partial charge in [-0.1, -0.05) is 19.1 Å². The monoisotopic (exact) mass is 270 g/mol. The number of hydrogen-bond acceptors (Lipinski definition) is 2. The number of benzene rings is 1. The van der Waals surface area contributed by atoms with Gasteiger partial charge >= 0.3 is 0 Å². The SMILES string of the molecule is CCCn1c(CCCC(=O)C2CC2)nc2ccccc21. The normalized spacial score (nSPS) is 14.8. The van der Waals surface area contributed by atoms with Crippen molar-refractivity contribution in [3.63, 3.8) is 0 Å². The van der Waals surface area contributed by atoms with Gasteiger partial charge < -0.3 is 4.57 Å². The number of fused-ring (bicyclic) bond motifs is 1. The number of aryl methyl sites for hydroxylation is 2. The smallest absolute Gasteiger partial charge is 0.135 e. The Labute approximate surface area is 120 Å². The summed E-state index contributed by atoms with van der Waals surface area (Å²) in [7, 11) is 0. The van der Waals surface area contributed by atoms with Crippen molar-refractivity contribution in [1.82, 2.24) is 9.55 Å². The maximum atomic E-state index is 11.8. The van der Waals surface area contributed by atoms with Crippen LogP contribution in [0.3, 0.4) is 0 Å². The molecule has 0 N–H and O–H groups in total. The van der Waals surface area contributed by atoms with E-state index in [-0.39, 0.29) is 0 Å². The molecular formula is C17H22N2O. The summed E-state index contributed by atoms with van der Waals surface area (Å²) in [4.78, 5) is 16.5. The van der Waals surface area contributed by atoms with Gasteiger partial charge in [-0.3, -0.25) is 4.79 Å². The van der Waals surface area contributed by atoms with E-state index in [2.05, 4.69) is 29.7 Å². The fraction of sp³-hybridized carbons (Fsp3) is 0.529. The number of carbonyl (C=O) groups excluding carboxylic acids is 1. The third kappa shape index (κ3) is 2.77. The molecule has 20 heavy (non-hydrogen) atoms. The molecule has 0 saturated heterocycles. The lowest BCUT2D eigenvalue weighted by atomic mass is 10.1. The Balaban J connectivity index is 1.72. The van der Waals surface area contributed by atoms with Crippen LogP contribution in [0.2, 0.25) is 0 Å². The van der Waals surface area contributed by atoms with Crippen LogP contribution in [0, 0.1) is 5.92 Å². The molecule has 1 aliphatic rings. The predicted molar refractivity (Wildman–Crippen MR) is 80.7 cm³/mol. The lowest BCUT2D eigenvalue weighted by molar-refractivity contribution is -0.120. The molecule has 0 spiro atoms. The first-order chi connectivity index (χ1) is 9.79. The van der Waals surface area contributed by atoms with Crippen molar-refractivity contribution >= 4 is 16.8 Å². The highest BCUT2D eigenvalue weighted by Gasteiger charge is 2.28. The summed E-state index contributed by atoms with van der Waals surface area (Å²) in [5, 5.41) is 0. The zero-order chi connectivity index (χ0) is 13.9. The van der Waals surface area contributed by atoms with E-state index in [4.69, 9.17) is 4.98 Å². The van der Waals surface area contributed by atoms with Crippen molar-refractivity contribution < 1.29 is 4.79 Å². The maximum Gasteiger partial charge on any atom is 0.135 e. The molecule has 3 nitrogen and oxygen atoms in total. The molecule has 1 aromatic heterocycles. The van der Waals surface area contributed by atoms with Crippen molar-refractivity contribution in [1.29, 1.82) is 0 Å². The minimum absolute atomic E-state index is 0.393. The number of carbonyl (C=O) groups is 1. The van der Waals surface area contributed by atoms with Gasteiger partial charge in [0.25, 0.3) is 0 Å². The molecule has 0 bridgehead atoms. The van der Waals surface area contributed by atoms with E-state index in [1.54, 1.807) is 0 Å². The third-order valence-electron chi connectivity index (χ3n) is 4.04. The van der Waals surface area contributed by atoms with Crippen molar-refractivity contribution in [2.24, 2.45) is 5.92 Å². The molecule has 1 saturated carbocycles. The van der Waals surface area contributed by atoms with Gasteiger partial charge in [0.1, 0.15) is 11.6 Å². The Hall–Kier alpha value is -1.64. The Kier molecular flexibility index (Phi) is 3.86. The zero-order valence-corrected chi connectivity index (χ0v) is 12.1. The van der Waals surface area contributed by atoms with Gasteiger partial charge in [-0.15, -0.1) is 0 Å². The van der Waals surface area contributed by atoms with Crippen molar-refractivity contribution in [2.45, 2.75) is 52.0 Å². The average Bonchev–Trinajstić information content (AvgIpc) is 3.25. The molecule has 106 valence electrons. The summed E-state index contributed by atoms with van der Waals surface area (Å²) in [5.41, 5.74) is 2.29. The van der Waals surface area contributed by atoms with Crippen molar-refractivity contribution in [3.05, 3.63) is 30.1 Å². The van der Waals surface area contributed by atoms with Crippen LogP contribution in [0.1, 0.15) is 44.9 Å². The lowest BCUT2D eigenvalue weighted by Crippen LogP contribution is -2.06. The van der Waals surface area contributed by atoms with Gasteiger partial charge in [0.05, 0.1) is 11.0 Å². The number of Topliss-reactive ketones (excluding diaryl/α,β-unsaturated/α-hetero) is 1.